The van der Waals surface area contributed by atoms with Crippen molar-refractivity contribution in [2.75, 3.05) is 6.61 Å². The minimum absolute atomic E-state index is 0.367. The SMILES string of the molecule is CCCCCCCCO.O=C(O)C(O)C(O)C(=O)O. The molecule has 7 heteroatoms. The van der Waals surface area contributed by atoms with Crippen LogP contribution in [0.3, 0.4) is 0 Å². The van der Waals surface area contributed by atoms with Gasteiger partial charge in [0.05, 0.1) is 0 Å². The normalized spacial score (nSPS) is 13.1. The van der Waals surface area contributed by atoms with Crippen molar-refractivity contribution >= 4 is 11.9 Å². The number of hydrogen-bond acceptors (Lipinski definition) is 5. The molecular weight excluding hydrogens is 256 g/mol. The molecule has 0 aliphatic carbocycles. The predicted octanol–water partition coefficient (Wildman–Crippen LogP) is 0.217. The summed E-state index contributed by atoms with van der Waals surface area (Å²) in [7, 11) is 0. The van der Waals surface area contributed by atoms with Crippen LogP contribution < -0.4 is 0 Å². The number of aliphatic hydroxyl groups is 3. The molecule has 114 valence electrons. The average molecular weight is 280 g/mol. The van der Waals surface area contributed by atoms with Gasteiger partial charge in [0, 0.05) is 6.61 Å². The number of unbranched alkanes of at least 4 members (excludes halogenated alkanes) is 5. The lowest BCUT2D eigenvalue weighted by atomic mass is 10.1. The second-order valence-electron chi connectivity index (χ2n) is 4.06. The van der Waals surface area contributed by atoms with Gasteiger partial charge < -0.3 is 25.5 Å². The van der Waals surface area contributed by atoms with Gasteiger partial charge >= 0.3 is 11.9 Å². The first kappa shape index (κ1) is 20.1. The van der Waals surface area contributed by atoms with Crippen LogP contribution in [0.15, 0.2) is 0 Å². The Morgan fingerprint density at radius 1 is 0.842 bits per heavy atom. The fraction of sp³-hybridized carbons (Fsp3) is 0.833. The van der Waals surface area contributed by atoms with E-state index in [-0.39, 0.29) is 0 Å². The lowest BCUT2D eigenvalue weighted by Crippen LogP contribution is -2.39. The Kier molecular flexibility index (Phi) is 14.1. The lowest BCUT2D eigenvalue weighted by molar-refractivity contribution is -0.165. The Hall–Kier alpha value is -1.18. The molecule has 0 bridgehead atoms. The maximum Gasteiger partial charge on any atom is 0.335 e. The van der Waals surface area contributed by atoms with Crippen molar-refractivity contribution in [2.24, 2.45) is 0 Å². The van der Waals surface area contributed by atoms with Gasteiger partial charge in [0.1, 0.15) is 0 Å². The molecule has 0 aromatic rings. The van der Waals surface area contributed by atoms with Gasteiger partial charge in [-0.1, -0.05) is 39.0 Å². The van der Waals surface area contributed by atoms with Gasteiger partial charge in [0.2, 0.25) is 0 Å². The maximum atomic E-state index is 9.77. The zero-order chi connectivity index (χ0) is 15.3. The molecule has 0 aliphatic heterocycles. The van der Waals surface area contributed by atoms with Gasteiger partial charge in [0.15, 0.2) is 12.2 Å². The first-order chi connectivity index (χ1) is 8.88. The van der Waals surface area contributed by atoms with Gasteiger partial charge in [-0.15, -0.1) is 0 Å². The highest BCUT2D eigenvalue weighted by molar-refractivity contribution is 5.83. The second kappa shape index (κ2) is 13.3. The summed E-state index contributed by atoms with van der Waals surface area (Å²) in [6.07, 6.45) is 2.96. The summed E-state index contributed by atoms with van der Waals surface area (Å²) in [5, 5.41) is 40.9. The molecule has 0 aromatic carbocycles. The molecule has 0 aromatic heterocycles. The number of rotatable bonds is 9. The molecule has 2 unspecified atom stereocenters. The molecule has 7 nitrogen and oxygen atoms in total. The number of aliphatic hydroxyl groups excluding tert-OH is 3. The van der Waals surface area contributed by atoms with Crippen LogP contribution in [-0.4, -0.2) is 56.3 Å². The largest absolute Gasteiger partial charge is 0.479 e. The highest BCUT2D eigenvalue weighted by Gasteiger charge is 2.29. The number of aliphatic carboxylic acids is 2. The number of carbonyl (C=O) groups is 2. The van der Waals surface area contributed by atoms with E-state index in [0.29, 0.717) is 6.61 Å². The molecule has 19 heavy (non-hydrogen) atoms. The van der Waals surface area contributed by atoms with E-state index in [1.165, 1.54) is 32.1 Å². The van der Waals surface area contributed by atoms with Crippen molar-refractivity contribution in [2.45, 2.75) is 57.7 Å². The molecule has 0 rings (SSSR count). The third kappa shape index (κ3) is 13.1. The first-order valence-corrected chi connectivity index (χ1v) is 6.31. The predicted molar refractivity (Wildman–Crippen MR) is 67.7 cm³/mol. The quantitative estimate of drug-likeness (QED) is 0.381. The van der Waals surface area contributed by atoms with Crippen molar-refractivity contribution in [1.29, 1.82) is 0 Å². The van der Waals surface area contributed by atoms with Crippen molar-refractivity contribution < 1.29 is 35.1 Å². The summed E-state index contributed by atoms with van der Waals surface area (Å²) in [6.45, 7) is 2.58. The Balaban J connectivity index is 0. The minimum Gasteiger partial charge on any atom is -0.479 e. The lowest BCUT2D eigenvalue weighted by Gasteiger charge is -2.07. The van der Waals surface area contributed by atoms with Gasteiger partial charge in [-0.3, -0.25) is 0 Å². The van der Waals surface area contributed by atoms with Crippen molar-refractivity contribution in [3.63, 3.8) is 0 Å². The van der Waals surface area contributed by atoms with Gasteiger partial charge in [-0.2, -0.15) is 0 Å². The van der Waals surface area contributed by atoms with Crippen LogP contribution >= 0.6 is 0 Å². The third-order valence-electron chi connectivity index (χ3n) is 2.32. The minimum atomic E-state index is -2.27. The second-order valence-corrected chi connectivity index (χ2v) is 4.06. The molecule has 0 spiro atoms. The Morgan fingerprint density at radius 3 is 1.53 bits per heavy atom. The third-order valence-corrected chi connectivity index (χ3v) is 2.32. The standard InChI is InChI=1S/C8H18O.C4H6O6/c1-2-3-4-5-6-7-8-9;5-1(3(7)8)2(6)4(9)10/h9H,2-8H2,1H3;1-2,5-6H,(H,7,8)(H,9,10). The topological polar surface area (TPSA) is 135 Å². The molecule has 0 fully saturated rings. The monoisotopic (exact) mass is 280 g/mol. The number of hydrogen-bond donors (Lipinski definition) is 5. The highest BCUT2D eigenvalue weighted by Crippen LogP contribution is 2.03. The molecule has 0 aliphatic rings. The van der Waals surface area contributed by atoms with E-state index >= 15 is 0 Å². The van der Waals surface area contributed by atoms with Crippen LogP contribution in [0.1, 0.15) is 45.4 Å². The van der Waals surface area contributed by atoms with Crippen LogP contribution in [0, 0.1) is 0 Å². The van der Waals surface area contributed by atoms with E-state index in [9.17, 15) is 9.59 Å². The Morgan fingerprint density at radius 2 is 1.21 bits per heavy atom. The van der Waals surface area contributed by atoms with Crippen LogP contribution in [0.2, 0.25) is 0 Å². The van der Waals surface area contributed by atoms with Gasteiger partial charge in [-0.05, 0) is 6.42 Å². The molecule has 2 atom stereocenters. The van der Waals surface area contributed by atoms with E-state index in [0.717, 1.165) is 6.42 Å². The number of carboxylic acids is 2. The molecular formula is C12H24O7. The summed E-state index contributed by atoms with van der Waals surface area (Å²) in [5.74, 6) is -3.54. The molecule has 0 amide bonds. The van der Waals surface area contributed by atoms with Gasteiger partial charge in [-0.25, -0.2) is 9.59 Å². The molecule has 0 saturated heterocycles. The molecule has 0 radical (unpaired) electrons. The number of carboxylic acid groups (broad SMARTS) is 2. The molecule has 0 saturated carbocycles. The zero-order valence-corrected chi connectivity index (χ0v) is 11.2. The van der Waals surface area contributed by atoms with Gasteiger partial charge in [0.25, 0.3) is 0 Å². The van der Waals surface area contributed by atoms with Crippen molar-refractivity contribution in [3.05, 3.63) is 0 Å². The van der Waals surface area contributed by atoms with Crippen LogP contribution in [0.5, 0.6) is 0 Å². The highest BCUT2D eigenvalue weighted by atomic mass is 16.4. The fourth-order valence-electron chi connectivity index (χ4n) is 1.16. The van der Waals surface area contributed by atoms with Crippen LogP contribution in [0.4, 0.5) is 0 Å². The zero-order valence-electron chi connectivity index (χ0n) is 11.2. The summed E-state index contributed by atoms with van der Waals surface area (Å²) in [6, 6.07) is 0. The molecule has 5 N–H and O–H groups in total. The van der Waals surface area contributed by atoms with E-state index in [1.54, 1.807) is 0 Å². The maximum absolute atomic E-state index is 9.77. The molecule has 0 heterocycles. The van der Waals surface area contributed by atoms with E-state index in [4.69, 9.17) is 25.5 Å². The summed E-state index contributed by atoms with van der Waals surface area (Å²) in [5.41, 5.74) is 0. The summed E-state index contributed by atoms with van der Waals surface area (Å²) in [4.78, 5) is 19.5. The van der Waals surface area contributed by atoms with E-state index in [1.807, 2.05) is 0 Å². The smallest absolute Gasteiger partial charge is 0.335 e. The Labute approximate surface area is 112 Å². The van der Waals surface area contributed by atoms with E-state index < -0.39 is 24.1 Å². The van der Waals surface area contributed by atoms with Crippen molar-refractivity contribution in [1.82, 2.24) is 0 Å². The van der Waals surface area contributed by atoms with Crippen molar-refractivity contribution in [3.8, 4) is 0 Å². The average Bonchev–Trinajstić information content (AvgIpc) is 2.37. The summed E-state index contributed by atoms with van der Waals surface area (Å²) >= 11 is 0. The van der Waals surface area contributed by atoms with Crippen LogP contribution in [0.25, 0.3) is 0 Å². The first-order valence-electron chi connectivity index (χ1n) is 6.31. The fourth-order valence-corrected chi connectivity index (χ4v) is 1.16. The van der Waals surface area contributed by atoms with E-state index in [2.05, 4.69) is 6.92 Å². The summed E-state index contributed by atoms with van der Waals surface area (Å²) < 4.78 is 0. The van der Waals surface area contributed by atoms with Crippen LogP contribution in [-0.2, 0) is 9.59 Å². The Bertz CT molecular complexity index is 218.